The third kappa shape index (κ3) is 5.32. The molecule has 55 heavy (non-hydrogen) atoms. The molecule has 258 valence electrons. The predicted octanol–water partition coefficient (Wildman–Crippen LogP) is 15.1. The van der Waals surface area contributed by atoms with Crippen molar-refractivity contribution in [1.29, 1.82) is 0 Å². The highest BCUT2D eigenvalue weighted by Gasteiger charge is 2.22. The van der Waals surface area contributed by atoms with E-state index in [2.05, 4.69) is 216 Å². The van der Waals surface area contributed by atoms with Crippen molar-refractivity contribution in [3.05, 3.63) is 206 Å². The second-order valence-electron chi connectivity index (χ2n) is 14.2. The van der Waals surface area contributed by atoms with E-state index in [0.717, 1.165) is 22.7 Å². The predicted molar refractivity (Wildman–Crippen MR) is 237 cm³/mol. The van der Waals surface area contributed by atoms with Gasteiger partial charge in [-0.15, -0.1) is 11.3 Å². The minimum atomic E-state index is 1.10. The van der Waals surface area contributed by atoms with Gasteiger partial charge in [0.2, 0.25) is 0 Å². The summed E-state index contributed by atoms with van der Waals surface area (Å²) in [6, 6.07) is 75.2. The van der Waals surface area contributed by atoms with Crippen molar-refractivity contribution in [1.82, 2.24) is 4.57 Å². The van der Waals surface area contributed by atoms with Gasteiger partial charge >= 0.3 is 0 Å². The molecule has 0 amide bonds. The van der Waals surface area contributed by atoms with Crippen LogP contribution in [-0.4, -0.2) is 4.57 Å². The second kappa shape index (κ2) is 12.9. The second-order valence-corrected chi connectivity index (χ2v) is 15.3. The number of benzene rings is 9. The number of fused-ring (bicyclic) bond motifs is 7. The van der Waals surface area contributed by atoms with E-state index in [9.17, 15) is 0 Å². The fourth-order valence-electron chi connectivity index (χ4n) is 8.36. The molecular weight excluding hydrogens is 685 g/mol. The van der Waals surface area contributed by atoms with Gasteiger partial charge in [-0.1, -0.05) is 133 Å². The smallest absolute Gasteiger partial charge is 0.0782 e. The van der Waals surface area contributed by atoms with Gasteiger partial charge in [0.25, 0.3) is 0 Å². The first-order valence-electron chi connectivity index (χ1n) is 18.8. The van der Waals surface area contributed by atoms with Gasteiger partial charge in [0.15, 0.2) is 0 Å². The third-order valence-electron chi connectivity index (χ3n) is 10.9. The molecule has 0 N–H and O–H groups in total. The number of nitrogens with zero attached hydrogens (tertiary/aromatic N) is 2. The van der Waals surface area contributed by atoms with Crippen LogP contribution in [0.1, 0.15) is 0 Å². The number of hydrogen-bond acceptors (Lipinski definition) is 2. The SMILES string of the molecule is c1ccc(-c2cccc(N(c3ccc(-c4ccc5cc6sc7ccccc7c6cc5c4)cc3)c3cccc4c5ccccc5n(-c5ccccc5)c34)c2)cc1. The van der Waals surface area contributed by atoms with E-state index in [1.165, 1.54) is 75.0 Å². The van der Waals surface area contributed by atoms with Crippen LogP contribution in [0.2, 0.25) is 0 Å². The molecule has 11 rings (SSSR count). The first-order chi connectivity index (χ1) is 27.3. The summed E-state index contributed by atoms with van der Waals surface area (Å²) in [4.78, 5) is 2.43. The highest BCUT2D eigenvalue weighted by atomic mass is 32.1. The van der Waals surface area contributed by atoms with Crippen LogP contribution in [0.15, 0.2) is 206 Å². The van der Waals surface area contributed by atoms with Crippen molar-refractivity contribution in [2.45, 2.75) is 0 Å². The van der Waals surface area contributed by atoms with Gasteiger partial charge in [0.1, 0.15) is 0 Å². The fourth-order valence-corrected chi connectivity index (χ4v) is 9.50. The highest BCUT2D eigenvalue weighted by molar-refractivity contribution is 7.25. The molecule has 0 saturated heterocycles. The van der Waals surface area contributed by atoms with Gasteiger partial charge in [0.05, 0.1) is 16.7 Å². The molecule has 0 unspecified atom stereocenters. The lowest BCUT2D eigenvalue weighted by Gasteiger charge is -2.28. The molecule has 0 aliphatic rings. The van der Waals surface area contributed by atoms with Gasteiger partial charge in [-0.25, -0.2) is 0 Å². The molecule has 0 radical (unpaired) electrons. The van der Waals surface area contributed by atoms with Gasteiger partial charge in [-0.05, 0) is 106 Å². The number of aromatic nitrogens is 1. The maximum atomic E-state index is 2.43. The molecular formula is C52H34N2S. The van der Waals surface area contributed by atoms with E-state index in [-0.39, 0.29) is 0 Å². The number of hydrogen-bond donors (Lipinski definition) is 0. The molecule has 2 heterocycles. The summed E-state index contributed by atoms with van der Waals surface area (Å²) >= 11 is 1.87. The first kappa shape index (κ1) is 31.6. The largest absolute Gasteiger partial charge is 0.308 e. The molecule has 9 aromatic carbocycles. The Morgan fingerprint density at radius 3 is 1.87 bits per heavy atom. The Hall–Kier alpha value is -6.94. The summed E-state index contributed by atoms with van der Waals surface area (Å²) in [5, 5.41) is 7.65. The fraction of sp³-hybridized carbons (Fsp3) is 0. The van der Waals surface area contributed by atoms with Crippen molar-refractivity contribution in [2.24, 2.45) is 0 Å². The van der Waals surface area contributed by atoms with Crippen LogP contribution in [0, 0.1) is 0 Å². The Bertz CT molecular complexity index is 3190. The van der Waals surface area contributed by atoms with E-state index in [1.807, 2.05) is 11.3 Å². The quantitative estimate of drug-likeness (QED) is 0.166. The molecule has 0 saturated carbocycles. The summed E-state index contributed by atoms with van der Waals surface area (Å²) in [6.45, 7) is 0. The topological polar surface area (TPSA) is 8.17 Å². The third-order valence-corrected chi connectivity index (χ3v) is 12.1. The van der Waals surface area contributed by atoms with Gasteiger partial charge in [0, 0.05) is 48.0 Å². The molecule has 0 spiro atoms. The maximum absolute atomic E-state index is 2.43. The summed E-state index contributed by atoms with van der Waals surface area (Å²) in [5.41, 5.74) is 11.6. The number of thiophene rings is 1. The van der Waals surface area contributed by atoms with Crippen LogP contribution in [0.25, 0.3) is 80.7 Å². The number of para-hydroxylation sites is 3. The van der Waals surface area contributed by atoms with E-state index in [0.29, 0.717) is 0 Å². The molecule has 11 aromatic rings. The Morgan fingerprint density at radius 2 is 1.02 bits per heavy atom. The van der Waals surface area contributed by atoms with Gasteiger partial charge in [-0.2, -0.15) is 0 Å². The van der Waals surface area contributed by atoms with Crippen LogP contribution in [0.3, 0.4) is 0 Å². The van der Waals surface area contributed by atoms with Crippen LogP contribution >= 0.6 is 11.3 Å². The summed E-state index contributed by atoms with van der Waals surface area (Å²) in [7, 11) is 0. The Balaban J connectivity index is 1.09. The van der Waals surface area contributed by atoms with Crippen molar-refractivity contribution in [3.63, 3.8) is 0 Å². The van der Waals surface area contributed by atoms with Crippen molar-refractivity contribution < 1.29 is 0 Å². The lowest BCUT2D eigenvalue weighted by Crippen LogP contribution is -2.11. The normalized spacial score (nSPS) is 11.6. The minimum Gasteiger partial charge on any atom is -0.308 e. The average molecular weight is 719 g/mol. The number of rotatable bonds is 6. The molecule has 0 fully saturated rings. The Labute approximate surface area is 323 Å². The molecule has 0 bridgehead atoms. The van der Waals surface area contributed by atoms with Crippen molar-refractivity contribution >= 4 is 81.1 Å². The van der Waals surface area contributed by atoms with Crippen molar-refractivity contribution in [3.8, 4) is 27.9 Å². The van der Waals surface area contributed by atoms with E-state index in [1.54, 1.807) is 0 Å². The zero-order valence-corrected chi connectivity index (χ0v) is 30.7. The van der Waals surface area contributed by atoms with Crippen LogP contribution < -0.4 is 4.90 Å². The first-order valence-corrected chi connectivity index (χ1v) is 19.6. The number of anilines is 3. The lowest BCUT2D eigenvalue weighted by atomic mass is 9.99. The maximum Gasteiger partial charge on any atom is 0.0782 e. The summed E-state index contributed by atoms with van der Waals surface area (Å²) in [6.07, 6.45) is 0. The van der Waals surface area contributed by atoms with Crippen molar-refractivity contribution in [2.75, 3.05) is 4.90 Å². The molecule has 0 atom stereocenters. The highest BCUT2D eigenvalue weighted by Crippen LogP contribution is 2.45. The monoisotopic (exact) mass is 718 g/mol. The lowest BCUT2D eigenvalue weighted by molar-refractivity contribution is 1.17. The van der Waals surface area contributed by atoms with E-state index < -0.39 is 0 Å². The zero-order chi connectivity index (χ0) is 36.3. The zero-order valence-electron chi connectivity index (χ0n) is 29.9. The summed E-state index contributed by atoms with van der Waals surface area (Å²) < 4.78 is 5.09. The van der Waals surface area contributed by atoms with Gasteiger partial charge in [-0.3, -0.25) is 0 Å². The average Bonchev–Trinajstić information content (AvgIpc) is 3.79. The van der Waals surface area contributed by atoms with Gasteiger partial charge < -0.3 is 9.47 Å². The standard InChI is InChI=1S/C52H34N2S/c1-3-13-35(14-4-1)37-15-11-18-43(32-37)53(49-23-12-21-46-44-19-7-9-22-48(44)54(52(46)49)41-16-5-2-6-17-41)42-29-27-36(28-30-42)38-25-26-39-34-51-47(33-40(39)31-38)45-20-8-10-24-50(45)55-51/h1-34H. The molecule has 2 nitrogen and oxygen atoms in total. The molecule has 0 aliphatic carbocycles. The minimum absolute atomic E-state index is 1.10. The summed E-state index contributed by atoms with van der Waals surface area (Å²) in [5.74, 6) is 0. The Morgan fingerprint density at radius 1 is 0.364 bits per heavy atom. The molecule has 2 aromatic heterocycles. The van der Waals surface area contributed by atoms with E-state index in [4.69, 9.17) is 0 Å². The molecule has 3 heteroatoms. The van der Waals surface area contributed by atoms with Crippen LogP contribution in [0.5, 0.6) is 0 Å². The van der Waals surface area contributed by atoms with E-state index >= 15 is 0 Å². The Kier molecular flexibility index (Phi) is 7.39. The van der Waals surface area contributed by atoms with Crippen LogP contribution in [0.4, 0.5) is 17.1 Å². The van der Waals surface area contributed by atoms with Crippen LogP contribution in [-0.2, 0) is 0 Å². The molecule has 0 aliphatic heterocycles.